The number of carbonyl (C=O) groups is 3. The summed E-state index contributed by atoms with van der Waals surface area (Å²) in [5.74, 6) is -0.919. The SMILES string of the molecule is COC(=O)c1ccc(C=CC=O)c(C(=O)Nc2ccccc2)c1. The van der Waals surface area contributed by atoms with Gasteiger partial charge in [0.25, 0.3) is 5.91 Å². The fraction of sp³-hybridized carbons (Fsp3) is 0.0556. The van der Waals surface area contributed by atoms with E-state index in [2.05, 4.69) is 10.1 Å². The standard InChI is InChI=1S/C18H15NO4/c1-23-18(22)14-10-9-13(6-5-11-20)16(12-14)17(21)19-15-7-3-2-4-8-15/h2-12H,1H3,(H,19,21). The molecule has 0 aliphatic carbocycles. The van der Waals surface area contributed by atoms with Crippen molar-refractivity contribution in [3.05, 3.63) is 71.3 Å². The van der Waals surface area contributed by atoms with E-state index in [9.17, 15) is 14.4 Å². The summed E-state index contributed by atoms with van der Waals surface area (Å²) in [5.41, 5.74) is 1.69. The largest absolute Gasteiger partial charge is 0.465 e. The second-order valence-electron chi connectivity index (χ2n) is 4.61. The summed E-state index contributed by atoms with van der Waals surface area (Å²) in [6, 6.07) is 13.5. The van der Waals surface area contributed by atoms with Crippen LogP contribution in [0.1, 0.15) is 26.3 Å². The number of amides is 1. The third-order valence-electron chi connectivity index (χ3n) is 3.11. The van der Waals surface area contributed by atoms with E-state index in [4.69, 9.17) is 0 Å². The molecule has 116 valence electrons. The molecule has 0 fully saturated rings. The first-order chi connectivity index (χ1) is 11.2. The number of carbonyl (C=O) groups excluding carboxylic acids is 3. The molecule has 1 amide bonds. The van der Waals surface area contributed by atoms with Gasteiger partial charge in [0.2, 0.25) is 0 Å². The number of esters is 1. The van der Waals surface area contributed by atoms with E-state index in [-0.39, 0.29) is 17.0 Å². The van der Waals surface area contributed by atoms with E-state index >= 15 is 0 Å². The molecule has 0 bridgehead atoms. The van der Waals surface area contributed by atoms with Crippen molar-refractivity contribution < 1.29 is 19.1 Å². The Kier molecular flexibility index (Phi) is 5.41. The van der Waals surface area contributed by atoms with Crippen LogP contribution in [-0.2, 0) is 9.53 Å². The average molecular weight is 309 g/mol. The Balaban J connectivity index is 2.39. The van der Waals surface area contributed by atoms with Crippen LogP contribution in [0.5, 0.6) is 0 Å². The third kappa shape index (κ3) is 4.14. The molecule has 1 N–H and O–H groups in total. The highest BCUT2D eigenvalue weighted by atomic mass is 16.5. The fourth-order valence-electron chi connectivity index (χ4n) is 2.01. The number of para-hydroxylation sites is 1. The number of nitrogens with one attached hydrogen (secondary N) is 1. The molecule has 23 heavy (non-hydrogen) atoms. The highest BCUT2D eigenvalue weighted by Crippen LogP contribution is 2.17. The van der Waals surface area contributed by atoms with E-state index in [0.717, 1.165) is 0 Å². The van der Waals surface area contributed by atoms with Gasteiger partial charge >= 0.3 is 5.97 Å². The summed E-state index contributed by atoms with van der Waals surface area (Å²) in [6.45, 7) is 0. The fourth-order valence-corrected chi connectivity index (χ4v) is 2.01. The molecule has 5 nitrogen and oxygen atoms in total. The van der Waals surface area contributed by atoms with Gasteiger partial charge in [0.15, 0.2) is 0 Å². The van der Waals surface area contributed by atoms with Crippen molar-refractivity contribution in [3.63, 3.8) is 0 Å². The number of anilines is 1. The molecule has 2 rings (SSSR count). The average Bonchev–Trinajstić information content (AvgIpc) is 2.60. The van der Waals surface area contributed by atoms with Gasteiger partial charge in [-0.1, -0.05) is 30.3 Å². The summed E-state index contributed by atoms with van der Waals surface area (Å²) in [6.07, 6.45) is 3.41. The molecule has 0 aromatic heterocycles. The smallest absolute Gasteiger partial charge is 0.337 e. The van der Waals surface area contributed by atoms with Crippen molar-refractivity contribution in [2.75, 3.05) is 12.4 Å². The molecule has 0 radical (unpaired) electrons. The summed E-state index contributed by atoms with van der Waals surface area (Å²) < 4.78 is 4.67. The van der Waals surface area contributed by atoms with Crippen LogP contribution >= 0.6 is 0 Å². The van der Waals surface area contributed by atoms with Gasteiger partial charge in [-0.25, -0.2) is 4.79 Å². The molecule has 0 aliphatic rings. The second kappa shape index (κ2) is 7.70. The predicted octanol–water partition coefficient (Wildman–Crippen LogP) is 2.94. The van der Waals surface area contributed by atoms with Crippen molar-refractivity contribution >= 4 is 29.9 Å². The van der Waals surface area contributed by atoms with E-state index in [1.807, 2.05) is 6.07 Å². The summed E-state index contributed by atoms with van der Waals surface area (Å²) in [5, 5.41) is 2.75. The van der Waals surface area contributed by atoms with Crippen LogP contribution < -0.4 is 5.32 Å². The monoisotopic (exact) mass is 309 g/mol. The highest BCUT2D eigenvalue weighted by molar-refractivity contribution is 6.08. The van der Waals surface area contributed by atoms with Gasteiger partial charge in [0.1, 0.15) is 6.29 Å². The number of methoxy groups -OCH3 is 1. The number of hydrogen-bond acceptors (Lipinski definition) is 4. The summed E-state index contributed by atoms with van der Waals surface area (Å²) in [7, 11) is 1.27. The Bertz CT molecular complexity index is 751. The Morgan fingerprint density at radius 3 is 2.48 bits per heavy atom. The van der Waals surface area contributed by atoms with Gasteiger partial charge in [-0.15, -0.1) is 0 Å². The van der Waals surface area contributed by atoms with Crippen LogP contribution in [-0.4, -0.2) is 25.3 Å². The van der Waals surface area contributed by atoms with Gasteiger partial charge in [0.05, 0.1) is 12.7 Å². The van der Waals surface area contributed by atoms with Crippen molar-refractivity contribution in [1.82, 2.24) is 0 Å². The van der Waals surface area contributed by atoms with Crippen LogP contribution in [0.25, 0.3) is 6.08 Å². The molecule has 5 heteroatoms. The van der Waals surface area contributed by atoms with Crippen LogP contribution in [0, 0.1) is 0 Å². The molecular weight excluding hydrogens is 294 g/mol. The van der Waals surface area contributed by atoms with Crippen LogP contribution in [0.15, 0.2) is 54.6 Å². The molecule has 0 heterocycles. The van der Waals surface area contributed by atoms with E-state index in [1.165, 1.54) is 31.4 Å². The topological polar surface area (TPSA) is 72.5 Å². The van der Waals surface area contributed by atoms with Crippen molar-refractivity contribution in [2.45, 2.75) is 0 Å². The first kappa shape index (κ1) is 16.2. The van der Waals surface area contributed by atoms with Gasteiger partial charge in [-0.3, -0.25) is 9.59 Å². The molecule has 0 spiro atoms. The Morgan fingerprint density at radius 2 is 1.83 bits per heavy atom. The first-order valence-corrected chi connectivity index (χ1v) is 6.86. The first-order valence-electron chi connectivity index (χ1n) is 6.86. The van der Waals surface area contributed by atoms with Crippen molar-refractivity contribution in [3.8, 4) is 0 Å². The molecular formula is C18H15NO4. The number of aldehydes is 1. The van der Waals surface area contributed by atoms with Gasteiger partial charge in [0, 0.05) is 11.3 Å². The third-order valence-corrected chi connectivity index (χ3v) is 3.11. The minimum Gasteiger partial charge on any atom is -0.465 e. The minimum absolute atomic E-state index is 0.258. The number of allylic oxidation sites excluding steroid dienone is 1. The van der Waals surface area contributed by atoms with Crippen LogP contribution in [0.4, 0.5) is 5.69 Å². The Labute approximate surface area is 133 Å². The quantitative estimate of drug-likeness (QED) is 0.523. The lowest BCUT2D eigenvalue weighted by Gasteiger charge is -2.09. The van der Waals surface area contributed by atoms with Gasteiger partial charge in [-0.05, 0) is 35.9 Å². The van der Waals surface area contributed by atoms with E-state index in [0.29, 0.717) is 17.5 Å². The van der Waals surface area contributed by atoms with Gasteiger partial charge < -0.3 is 10.1 Å². The molecule has 0 saturated heterocycles. The zero-order valence-electron chi connectivity index (χ0n) is 12.5. The maximum atomic E-state index is 12.5. The second-order valence-corrected chi connectivity index (χ2v) is 4.61. The van der Waals surface area contributed by atoms with E-state index < -0.39 is 5.97 Å². The zero-order valence-corrected chi connectivity index (χ0v) is 12.5. The normalized spacial score (nSPS) is 10.3. The lowest BCUT2D eigenvalue weighted by Crippen LogP contribution is -2.14. The molecule has 0 atom stereocenters. The Hall–Kier alpha value is -3.21. The van der Waals surface area contributed by atoms with Crippen molar-refractivity contribution in [2.24, 2.45) is 0 Å². The molecule has 0 aliphatic heterocycles. The molecule has 2 aromatic carbocycles. The number of hydrogen-bond donors (Lipinski definition) is 1. The number of ether oxygens (including phenoxy) is 1. The lowest BCUT2D eigenvalue weighted by atomic mass is 10.0. The Morgan fingerprint density at radius 1 is 1.09 bits per heavy atom. The zero-order chi connectivity index (χ0) is 16.7. The maximum absolute atomic E-state index is 12.5. The number of benzene rings is 2. The maximum Gasteiger partial charge on any atom is 0.337 e. The highest BCUT2D eigenvalue weighted by Gasteiger charge is 2.14. The van der Waals surface area contributed by atoms with Crippen molar-refractivity contribution in [1.29, 1.82) is 0 Å². The van der Waals surface area contributed by atoms with Crippen LogP contribution in [0.2, 0.25) is 0 Å². The minimum atomic E-state index is -0.537. The molecule has 2 aromatic rings. The molecule has 0 unspecified atom stereocenters. The number of rotatable bonds is 5. The lowest BCUT2D eigenvalue weighted by molar-refractivity contribution is -0.104. The van der Waals surface area contributed by atoms with Gasteiger partial charge in [-0.2, -0.15) is 0 Å². The van der Waals surface area contributed by atoms with E-state index in [1.54, 1.807) is 30.3 Å². The summed E-state index contributed by atoms with van der Waals surface area (Å²) >= 11 is 0. The van der Waals surface area contributed by atoms with Crippen LogP contribution in [0.3, 0.4) is 0 Å². The molecule has 0 saturated carbocycles. The summed E-state index contributed by atoms with van der Waals surface area (Å²) in [4.78, 5) is 34.6. The predicted molar refractivity (Wildman–Crippen MR) is 87.3 cm³/mol.